The zero-order chi connectivity index (χ0) is 18.8. The third-order valence-electron chi connectivity index (χ3n) is 4.66. The maximum Gasteiger partial charge on any atom is 0.316 e. The van der Waals surface area contributed by atoms with E-state index in [-0.39, 0.29) is 6.42 Å². The molecule has 1 fully saturated rings. The highest BCUT2D eigenvalue weighted by Crippen LogP contribution is 2.47. The molecule has 0 radical (unpaired) electrons. The Balaban J connectivity index is 2.66. The molecule has 4 atom stereocenters. The van der Waals surface area contributed by atoms with Crippen LogP contribution in [0.5, 0.6) is 5.75 Å². The van der Waals surface area contributed by atoms with Crippen LogP contribution in [-0.4, -0.2) is 49.8 Å². The summed E-state index contributed by atoms with van der Waals surface area (Å²) in [7, 11) is 3.86. The summed E-state index contributed by atoms with van der Waals surface area (Å²) in [6, 6.07) is 6.69. The van der Waals surface area contributed by atoms with E-state index in [4.69, 9.17) is 14.2 Å². The second-order valence-electron chi connectivity index (χ2n) is 6.30. The molecule has 0 saturated heterocycles. The third kappa shape index (κ3) is 3.51. The zero-order valence-corrected chi connectivity index (χ0v) is 14.6. The largest absolute Gasteiger partial charge is 0.497 e. The normalized spacial score (nSPS) is 29.0. The monoisotopic (exact) mass is 350 g/mol. The zero-order valence-electron chi connectivity index (χ0n) is 14.6. The van der Waals surface area contributed by atoms with Gasteiger partial charge in [-0.2, -0.15) is 0 Å². The van der Waals surface area contributed by atoms with Gasteiger partial charge in [-0.1, -0.05) is 12.1 Å². The number of rotatable bonds is 4. The Labute approximate surface area is 145 Å². The van der Waals surface area contributed by atoms with Crippen molar-refractivity contribution in [3.8, 4) is 5.75 Å². The summed E-state index contributed by atoms with van der Waals surface area (Å²) in [5, 5.41) is 10.7. The van der Waals surface area contributed by atoms with Gasteiger partial charge in [-0.25, -0.2) is 0 Å². The molecule has 1 aromatic carbocycles. The number of ketones is 1. The van der Waals surface area contributed by atoms with Crippen LogP contribution in [0.15, 0.2) is 24.3 Å². The van der Waals surface area contributed by atoms with Gasteiger partial charge >= 0.3 is 11.9 Å². The summed E-state index contributed by atoms with van der Waals surface area (Å²) >= 11 is 0. The lowest BCUT2D eigenvalue weighted by molar-refractivity contribution is -0.170. The number of hydrogen-bond donors (Lipinski definition) is 1. The highest BCUT2D eigenvalue weighted by molar-refractivity contribution is 6.02. The van der Waals surface area contributed by atoms with Gasteiger partial charge in [0.05, 0.1) is 32.8 Å². The van der Waals surface area contributed by atoms with E-state index in [1.165, 1.54) is 28.3 Å². The Morgan fingerprint density at radius 3 is 2.36 bits per heavy atom. The smallest absolute Gasteiger partial charge is 0.316 e. The maximum atomic E-state index is 12.6. The number of carbonyl (C=O) groups excluding carboxylic acids is 3. The van der Waals surface area contributed by atoms with Gasteiger partial charge < -0.3 is 19.3 Å². The summed E-state index contributed by atoms with van der Waals surface area (Å²) < 4.78 is 14.8. The molecule has 7 nitrogen and oxygen atoms in total. The average molecular weight is 350 g/mol. The number of ether oxygens (including phenoxy) is 3. The Bertz CT molecular complexity index is 680. The molecule has 0 aromatic heterocycles. The first kappa shape index (κ1) is 18.9. The van der Waals surface area contributed by atoms with E-state index in [0.29, 0.717) is 11.3 Å². The Kier molecular flexibility index (Phi) is 5.47. The summed E-state index contributed by atoms with van der Waals surface area (Å²) in [6.07, 6.45) is -0.340. The summed E-state index contributed by atoms with van der Waals surface area (Å²) in [4.78, 5) is 37.2. The van der Waals surface area contributed by atoms with Gasteiger partial charge in [-0.05, 0) is 24.6 Å². The maximum absolute atomic E-state index is 12.6. The fraction of sp³-hybridized carbons (Fsp3) is 0.500. The van der Waals surface area contributed by atoms with Gasteiger partial charge in [0.1, 0.15) is 11.7 Å². The molecule has 0 spiro atoms. The molecular formula is C18H22O7. The number of Topliss-reactive ketones (excluding diaryl/α,β-unsaturated/α-hetero) is 1. The number of hydrogen-bond acceptors (Lipinski definition) is 7. The molecule has 0 amide bonds. The first-order chi connectivity index (χ1) is 11.8. The van der Waals surface area contributed by atoms with Gasteiger partial charge in [-0.3, -0.25) is 14.4 Å². The van der Waals surface area contributed by atoms with E-state index < -0.39 is 41.1 Å². The van der Waals surface area contributed by atoms with Crippen LogP contribution in [0.4, 0.5) is 0 Å². The molecule has 1 aromatic rings. The van der Waals surface area contributed by atoms with Gasteiger partial charge in [0, 0.05) is 12.3 Å². The molecular weight excluding hydrogens is 328 g/mol. The van der Waals surface area contributed by atoms with E-state index in [1.54, 1.807) is 24.3 Å². The van der Waals surface area contributed by atoms with Crippen LogP contribution < -0.4 is 4.74 Å². The third-order valence-corrected chi connectivity index (χ3v) is 4.66. The van der Waals surface area contributed by atoms with Crippen LogP contribution in [0.1, 0.15) is 24.8 Å². The molecule has 136 valence electrons. The highest BCUT2D eigenvalue weighted by atomic mass is 16.5. The van der Waals surface area contributed by atoms with Crippen LogP contribution in [0, 0.1) is 11.8 Å². The van der Waals surface area contributed by atoms with Gasteiger partial charge in [-0.15, -0.1) is 0 Å². The number of benzene rings is 1. The Morgan fingerprint density at radius 2 is 1.80 bits per heavy atom. The van der Waals surface area contributed by atoms with Crippen molar-refractivity contribution in [3.05, 3.63) is 29.8 Å². The van der Waals surface area contributed by atoms with Crippen LogP contribution in [-0.2, 0) is 23.9 Å². The van der Waals surface area contributed by atoms with E-state index in [9.17, 15) is 19.5 Å². The van der Waals surface area contributed by atoms with E-state index in [0.717, 1.165) is 0 Å². The molecule has 2 rings (SSSR count). The number of carbonyl (C=O) groups is 3. The molecule has 0 bridgehead atoms. The Morgan fingerprint density at radius 1 is 1.16 bits per heavy atom. The molecule has 1 N–H and O–H groups in total. The average Bonchev–Trinajstić information content (AvgIpc) is 2.59. The fourth-order valence-corrected chi connectivity index (χ4v) is 3.52. The summed E-state index contributed by atoms with van der Waals surface area (Å²) in [5.41, 5.74) is -1.14. The number of esters is 2. The highest BCUT2D eigenvalue weighted by Gasteiger charge is 2.56. The molecule has 0 aliphatic heterocycles. The fourth-order valence-electron chi connectivity index (χ4n) is 3.52. The number of aliphatic hydroxyl groups is 1. The second kappa shape index (κ2) is 7.23. The molecule has 25 heavy (non-hydrogen) atoms. The van der Waals surface area contributed by atoms with Crippen LogP contribution >= 0.6 is 0 Å². The van der Waals surface area contributed by atoms with Crippen molar-refractivity contribution < 1.29 is 33.7 Å². The quantitative estimate of drug-likeness (QED) is 0.641. The van der Waals surface area contributed by atoms with E-state index >= 15 is 0 Å². The first-order valence-electron chi connectivity index (χ1n) is 7.81. The van der Waals surface area contributed by atoms with Crippen molar-refractivity contribution in [2.75, 3.05) is 21.3 Å². The predicted octanol–water partition coefficient (Wildman–Crippen LogP) is 1.08. The molecule has 1 aliphatic carbocycles. The SMILES string of the molecule is COC(=O)[C@H]1C(=O)C[C@](C)(O)[C@@H](C(=O)OC)[C@@H]1c1cccc(OC)c1. The minimum atomic E-state index is -1.65. The van der Waals surface area contributed by atoms with E-state index in [1.807, 2.05) is 0 Å². The van der Waals surface area contributed by atoms with Crippen molar-refractivity contribution in [1.82, 2.24) is 0 Å². The van der Waals surface area contributed by atoms with Crippen molar-refractivity contribution in [2.24, 2.45) is 11.8 Å². The van der Waals surface area contributed by atoms with Gasteiger partial charge in [0.25, 0.3) is 0 Å². The van der Waals surface area contributed by atoms with Crippen molar-refractivity contribution in [2.45, 2.75) is 24.9 Å². The van der Waals surface area contributed by atoms with Crippen molar-refractivity contribution in [3.63, 3.8) is 0 Å². The molecule has 0 unspecified atom stereocenters. The van der Waals surface area contributed by atoms with Crippen molar-refractivity contribution >= 4 is 17.7 Å². The molecule has 1 saturated carbocycles. The lowest BCUT2D eigenvalue weighted by Crippen LogP contribution is -2.55. The van der Waals surface area contributed by atoms with Crippen LogP contribution in [0.3, 0.4) is 0 Å². The van der Waals surface area contributed by atoms with Crippen molar-refractivity contribution in [1.29, 1.82) is 0 Å². The summed E-state index contributed by atoms with van der Waals surface area (Å²) in [6.45, 7) is 1.40. The van der Waals surface area contributed by atoms with Gasteiger partial charge in [0.15, 0.2) is 5.78 Å². The minimum Gasteiger partial charge on any atom is -0.497 e. The number of methoxy groups -OCH3 is 3. The standard InChI is InChI=1S/C18H22O7/c1-18(22)9-12(19)14(16(20)24-3)13(15(18)17(21)25-4)10-6-5-7-11(8-10)23-2/h5-8,13-15,22H,9H2,1-4H3/t13-,14+,15-,18+/m1/s1. The topological polar surface area (TPSA) is 99.1 Å². The molecule has 1 aliphatic rings. The summed E-state index contributed by atoms with van der Waals surface area (Å²) in [5.74, 6) is -4.66. The predicted molar refractivity (Wildman–Crippen MR) is 87.0 cm³/mol. The van der Waals surface area contributed by atoms with Gasteiger partial charge in [0.2, 0.25) is 0 Å². The first-order valence-corrected chi connectivity index (χ1v) is 7.81. The minimum absolute atomic E-state index is 0.340. The lowest BCUT2D eigenvalue weighted by Gasteiger charge is -2.43. The van der Waals surface area contributed by atoms with Crippen LogP contribution in [0.25, 0.3) is 0 Å². The molecule has 0 heterocycles. The molecule has 7 heteroatoms. The van der Waals surface area contributed by atoms with Crippen LogP contribution in [0.2, 0.25) is 0 Å². The Hall–Kier alpha value is -2.41. The second-order valence-corrected chi connectivity index (χ2v) is 6.30. The lowest BCUT2D eigenvalue weighted by atomic mass is 9.61. The van der Waals surface area contributed by atoms with E-state index in [2.05, 4.69) is 0 Å².